The lowest BCUT2D eigenvalue weighted by Crippen LogP contribution is -2.46. The SMILES string of the molecule is COc1cccc(CS(=O)(=O)CC(=O)N2CCO[C@@H](C)C2)c1. The Balaban J connectivity index is 1.99. The molecule has 0 N–H and O–H groups in total. The van der Waals surface area contributed by atoms with Crippen LogP contribution in [0.4, 0.5) is 0 Å². The monoisotopic (exact) mass is 327 g/mol. The number of rotatable bonds is 5. The van der Waals surface area contributed by atoms with Crippen molar-refractivity contribution in [1.29, 1.82) is 0 Å². The molecule has 2 rings (SSSR count). The highest BCUT2D eigenvalue weighted by molar-refractivity contribution is 7.91. The summed E-state index contributed by atoms with van der Waals surface area (Å²) in [7, 11) is -1.99. The van der Waals surface area contributed by atoms with Crippen molar-refractivity contribution in [2.24, 2.45) is 0 Å². The molecule has 22 heavy (non-hydrogen) atoms. The number of hydrogen-bond donors (Lipinski definition) is 0. The summed E-state index contributed by atoms with van der Waals surface area (Å²) in [6.07, 6.45) is -0.0567. The predicted octanol–water partition coefficient (Wildman–Crippen LogP) is 0.857. The van der Waals surface area contributed by atoms with Crippen LogP contribution in [0.2, 0.25) is 0 Å². The summed E-state index contributed by atoms with van der Waals surface area (Å²) in [5, 5.41) is 0. The Morgan fingerprint density at radius 2 is 2.23 bits per heavy atom. The van der Waals surface area contributed by atoms with E-state index in [-0.39, 0.29) is 17.8 Å². The van der Waals surface area contributed by atoms with Crippen LogP contribution < -0.4 is 4.74 Å². The molecule has 0 radical (unpaired) electrons. The lowest BCUT2D eigenvalue weighted by molar-refractivity contribution is -0.135. The smallest absolute Gasteiger partial charge is 0.237 e. The van der Waals surface area contributed by atoms with Crippen molar-refractivity contribution in [3.63, 3.8) is 0 Å². The molecule has 1 aliphatic rings. The van der Waals surface area contributed by atoms with E-state index >= 15 is 0 Å². The Morgan fingerprint density at radius 3 is 2.91 bits per heavy atom. The van der Waals surface area contributed by atoms with Gasteiger partial charge in [0.15, 0.2) is 9.84 Å². The number of ether oxygens (including phenoxy) is 2. The predicted molar refractivity (Wildman–Crippen MR) is 82.5 cm³/mol. The van der Waals surface area contributed by atoms with E-state index in [2.05, 4.69) is 0 Å². The Labute approximate surface area is 130 Å². The molecule has 0 unspecified atom stereocenters. The number of nitrogens with zero attached hydrogens (tertiary/aromatic N) is 1. The van der Waals surface area contributed by atoms with Crippen LogP contribution in [0, 0.1) is 0 Å². The van der Waals surface area contributed by atoms with Crippen LogP contribution in [0.15, 0.2) is 24.3 Å². The minimum absolute atomic E-state index is 0.0567. The second-order valence-electron chi connectivity index (χ2n) is 5.40. The van der Waals surface area contributed by atoms with Crippen LogP contribution in [0.25, 0.3) is 0 Å². The Hall–Kier alpha value is -1.60. The highest BCUT2D eigenvalue weighted by Crippen LogP contribution is 2.16. The largest absolute Gasteiger partial charge is 0.497 e. The van der Waals surface area contributed by atoms with Gasteiger partial charge in [-0.2, -0.15) is 0 Å². The summed E-state index contributed by atoms with van der Waals surface area (Å²) < 4.78 is 34.9. The summed E-state index contributed by atoms with van der Waals surface area (Å²) in [5.41, 5.74) is 0.613. The van der Waals surface area contributed by atoms with Crippen molar-refractivity contribution in [2.45, 2.75) is 18.8 Å². The van der Waals surface area contributed by atoms with Crippen LogP contribution in [0.1, 0.15) is 12.5 Å². The first-order valence-corrected chi connectivity index (χ1v) is 8.94. The zero-order valence-corrected chi connectivity index (χ0v) is 13.6. The minimum Gasteiger partial charge on any atom is -0.497 e. The molecule has 122 valence electrons. The van der Waals surface area contributed by atoms with Gasteiger partial charge in [0, 0.05) is 13.1 Å². The molecular weight excluding hydrogens is 306 g/mol. The number of hydrogen-bond acceptors (Lipinski definition) is 5. The topological polar surface area (TPSA) is 72.9 Å². The van der Waals surface area contributed by atoms with Gasteiger partial charge in [-0.15, -0.1) is 0 Å². The van der Waals surface area contributed by atoms with Crippen molar-refractivity contribution in [2.75, 3.05) is 32.6 Å². The molecule has 0 aromatic heterocycles. The fourth-order valence-electron chi connectivity index (χ4n) is 2.39. The zero-order chi connectivity index (χ0) is 16.2. The second kappa shape index (κ2) is 7.11. The third-order valence-corrected chi connectivity index (χ3v) is 4.92. The van der Waals surface area contributed by atoms with Gasteiger partial charge in [-0.1, -0.05) is 12.1 Å². The van der Waals surface area contributed by atoms with Crippen molar-refractivity contribution in [3.05, 3.63) is 29.8 Å². The summed E-state index contributed by atoms with van der Waals surface area (Å²) in [6, 6.07) is 6.85. The quantitative estimate of drug-likeness (QED) is 0.802. The van der Waals surface area contributed by atoms with E-state index in [9.17, 15) is 13.2 Å². The van der Waals surface area contributed by atoms with E-state index in [4.69, 9.17) is 9.47 Å². The normalized spacial score (nSPS) is 19.0. The molecule has 1 atom stereocenters. The summed E-state index contributed by atoms with van der Waals surface area (Å²) in [4.78, 5) is 13.7. The third-order valence-electron chi connectivity index (χ3n) is 3.46. The molecule has 1 aliphatic heterocycles. The molecule has 1 amide bonds. The molecule has 0 aliphatic carbocycles. The van der Waals surface area contributed by atoms with Gasteiger partial charge in [0.2, 0.25) is 5.91 Å². The van der Waals surface area contributed by atoms with E-state index in [0.29, 0.717) is 31.0 Å². The molecule has 1 heterocycles. The van der Waals surface area contributed by atoms with Gasteiger partial charge in [-0.3, -0.25) is 4.79 Å². The first kappa shape index (κ1) is 16.8. The zero-order valence-electron chi connectivity index (χ0n) is 12.8. The average Bonchev–Trinajstić information content (AvgIpc) is 2.46. The fourth-order valence-corrected chi connectivity index (χ4v) is 3.74. The number of carbonyl (C=O) groups is 1. The molecular formula is C15H21NO5S. The Kier molecular flexibility index (Phi) is 5.42. The Morgan fingerprint density at radius 1 is 1.45 bits per heavy atom. The molecule has 0 spiro atoms. The maximum atomic E-state index is 12.2. The lowest BCUT2D eigenvalue weighted by Gasteiger charge is -2.31. The third kappa shape index (κ3) is 4.71. The fraction of sp³-hybridized carbons (Fsp3) is 0.533. The number of carbonyl (C=O) groups excluding carboxylic acids is 1. The highest BCUT2D eigenvalue weighted by atomic mass is 32.2. The number of benzene rings is 1. The van der Waals surface area contributed by atoms with Gasteiger partial charge in [0.1, 0.15) is 11.5 Å². The number of amides is 1. The van der Waals surface area contributed by atoms with Gasteiger partial charge in [-0.05, 0) is 24.6 Å². The second-order valence-corrected chi connectivity index (χ2v) is 7.47. The maximum Gasteiger partial charge on any atom is 0.237 e. The van der Waals surface area contributed by atoms with E-state index < -0.39 is 15.6 Å². The molecule has 0 bridgehead atoms. The van der Waals surface area contributed by atoms with Crippen LogP contribution in [0.3, 0.4) is 0 Å². The average molecular weight is 327 g/mol. The van der Waals surface area contributed by atoms with Crippen LogP contribution >= 0.6 is 0 Å². The minimum atomic E-state index is -3.51. The van der Waals surface area contributed by atoms with Crippen molar-refractivity contribution < 1.29 is 22.7 Å². The van der Waals surface area contributed by atoms with Gasteiger partial charge in [-0.25, -0.2) is 8.42 Å². The molecule has 7 heteroatoms. The highest BCUT2D eigenvalue weighted by Gasteiger charge is 2.26. The van der Waals surface area contributed by atoms with Crippen LogP contribution in [-0.2, 0) is 25.1 Å². The van der Waals surface area contributed by atoms with Crippen molar-refractivity contribution >= 4 is 15.7 Å². The van der Waals surface area contributed by atoms with Crippen LogP contribution in [-0.4, -0.2) is 57.9 Å². The first-order valence-electron chi connectivity index (χ1n) is 7.12. The van der Waals surface area contributed by atoms with Gasteiger partial charge >= 0.3 is 0 Å². The Bertz CT molecular complexity index is 629. The number of morpholine rings is 1. The molecule has 1 aromatic rings. The van der Waals surface area contributed by atoms with E-state index in [1.165, 1.54) is 7.11 Å². The van der Waals surface area contributed by atoms with Crippen molar-refractivity contribution in [3.8, 4) is 5.75 Å². The standard InChI is InChI=1S/C15H21NO5S/c1-12-9-16(6-7-21-12)15(17)11-22(18,19)10-13-4-3-5-14(8-13)20-2/h3-5,8,12H,6-7,9-11H2,1-2H3/t12-/m0/s1. The molecule has 1 aromatic carbocycles. The van der Waals surface area contributed by atoms with Gasteiger partial charge in [0.25, 0.3) is 0 Å². The number of sulfone groups is 1. The van der Waals surface area contributed by atoms with Crippen LogP contribution in [0.5, 0.6) is 5.75 Å². The summed E-state index contributed by atoms with van der Waals surface area (Å²) >= 11 is 0. The van der Waals surface area contributed by atoms with Gasteiger partial charge in [0.05, 0.1) is 25.6 Å². The molecule has 0 saturated carbocycles. The van der Waals surface area contributed by atoms with E-state index in [1.54, 1.807) is 29.2 Å². The first-order chi connectivity index (χ1) is 10.4. The lowest BCUT2D eigenvalue weighted by atomic mass is 10.2. The summed E-state index contributed by atoms with van der Waals surface area (Å²) in [6.45, 7) is 3.19. The van der Waals surface area contributed by atoms with Crippen molar-refractivity contribution in [1.82, 2.24) is 4.90 Å². The van der Waals surface area contributed by atoms with Gasteiger partial charge < -0.3 is 14.4 Å². The maximum absolute atomic E-state index is 12.2. The molecule has 1 saturated heterocycles. The molecule has 6 nitrogen and oxygen atoms in total. The summed E-state index contributed by atoms with van der Waals surface area (Å²) in [5.74, 6) is -0.411. The van der Waals surface area contributed by atoms with E-state index in [0.717, 1.165) is 0 Å². The molecule has 1 fully saturated rings. The number of methoxy groups -OCH3 is 1. The van der Waals surface area contributed by atoms with E-state index in [1.807, 2.05) is 6.92 Å².